The van der Waals surface area contributed by atoms with E-state index in [0.717, 1.165) is 5.56 Å². The predicted octanol–water partition coefficient (Wildman–Crippen LogP) is 2.35. The molecular formula is C11H11Cl2NO2. The molecular weight excluding hydrogens is 249 g/mol. The molecule has 1 aliphatic rings. The van der Waals surface area contributed by atoms with Crippen molar-refractivity contribution in [2.45, 2.75) is 17.9 Å². The third-order valence-corrected chi connectivity index (χ3v) is 3.76. The summed E-state index contributed by atoms with van der Waals surface area (Å²) in [5, 5.41) is 0.934. The second-order valence-corrected chi connectivity index (χ2v) is 4.72. The monoisotopic (exact) mass is 259 g/mol. The van der Waals surface area contributed by atoms with Gasteiger partial charge < -0.3 is 10.5 Å². The number of methoxy groups -OCH3 is 1. The van der Waals surface area contributed by atoms with Crippen LogP contribution in [0.5, 0.6) is 0 Å². The summed E-state index contributed by atoms with van der Waals surface area (Å²) in [5.41, 5.74) is 5.79. The Kier molecular flexibility index (Phi) is 2.86. The summed E-state index contributed by atoms with van der Waals surface area (Å²) < 4.78 is 4.66. The first kappa shape index (κ1) is 11.7. The van der Waals surface area contributed by atoms with Crippen molar-refractivity contribution in [3.05, 3.63) is 33.8 Å². The number of nitrogens with two attached hydrogens (primary N) is 1. The fourth-order valence-electron chi connectivity index (χ4n) is 1.87. The highest BCUT2D eigenvalue weighted by molar-refractivity contribution is 6.42. The number of carbonyl (C=O) groups excluding carboxylic acids is 1. The lowest BCUT2D eigenvalue weighted by atomic mass is 10.1. The van der Waals surface area contributed by atoms with E-state index in [2.05, 4.69) is 4.74 Å². The Bertz CT molecular complexity index is 450. The lowest BCUT2D eigenvalue weighted by Gasteiger charge is -2.10. The molecule has 2 N–H and O–H groups in total. The summed E-state index contributed by atoms with van der Waals surface area (Å²) >= 11 is 12.0. The number of benzene rings is 1. The van der Waals surface area contributed by atoms with Gasteiger partial charge >= 0.3 is 5.97 Å². The van der Waals surface area contributed by atoms with Crippen LogP contribution in [0.15, 0.2) is 18.2 Å². The zero-order valence-electron chi connectivity index (χ0n) is 8.67. The molecule has 2 unspecified atom stereocenters. The van der Waals surface area contributed by atoms with Crippen molar-refractivity contribution in [2.24, 2.45) is 5.73 Å². The number of halogens is 2. The number of carbonyl (C=O) groups is 1. The second-order valence-electron chi connectivity index (χ2n) is 3.93. The number of rotatable bonds is 2. The van der Waals surface area contributed by atoms with Crippen LogP contribution in [-0.2, 0) is 9.53 Å². The molecule has 5 heteroatoms. The van der Waals surface area contributed by atoms with Crippen molar-refractivity contribution >= 4 is 29.2 Å². The molecule has 2 atom stereocenters. The summed E-state index contributed by atoms with van der Waals surface area (Å²) in [6.45, 7) is 0. The number of ether oxygens (including phenoxy) is 1. The van der Waals surface area contributed by atoms with Crippen molar-refractivity contribution < 1.29 is 9.53 Å². The van der Waals surface area contributed by atoms with Gasteiger partial charge in [-0.25, -0.2) is 0 Å². The van der Waals surface area contributed by atoms with Crippen LogP contribution in [0, 0.1) is 0 Å². The predicted molar refractivity (Wildman–Crippen MR) is 62.8 cm³/mol. The first-order valence-electron chi connectivity index (χ1n) is 4.82. The Balaban J connectivity index is 2.30. The van der Waals surface area contributed by atoms with E-state index in [1.54, 1.807) is 12.1 Å². The van der Waals surface area contributed by atoms with Crippen LogP contribution in [-0.4, -0.2) is 18.6 Å². The van der Waals surface area contributed by atoms with E-state index in [9.17, 15) is 4.79 Å². The maximum Gasteiger partial charge on any atom is 0.326 e. The van der Waals surface area contributed by atoms with Crippen molar-refractivity contribution in [3.63, 3.8) is 0 Å². The van der Waals surface area contributed by atoms with E-state index in [-0.39, 0.29) is 5.92 Å². The highest BCUT2D eigenvalue weighted by Crippen LogP contribution is 2.52. The van der Waals surface area contributed by atoms with Crippen LogP contribution in [0.2, 0.25) is 10.0 Å². The van der Waals surface area contributed by atoms with E-state index < -0.39 is 11.5 Å². The molecule has 0 amide bonds. The Morgan fingerprint density at radius 1 is 1.56 bits per heavy atom. The zero-order chi connectivity index (χ0) is 11.9. The molecule has 3 nitrogen and oxygen atoms in total. The third kappa shape index (κ3) is 1.69. The summed E-state index contributed by atoms with van der Waals surface area (Å²) in [5.74, 6) is -0.514. The van der Waals surface area contributed by atoms with Gasteiger partial charge in [0, 0.05) is 5.92 Å². The molecule has 0 saturated heterocycles. The topological polar surface area (TPSA) is 52.3 Å². The summed E-state index contributed by atoms with van der Waals surface area (Å²) in [6, 6.07) is 5.32. The molecule has 1 saturated carbocycles. The van der Waals surface area contributed by atoms with Crippen LogP contribution >= 0.6 is 23.2 Å². The summed E-state index contributed by atoms with van der Waals surface area (Å²) in [4.78, 5) is 11.5. The van der Waals surface area contributed by atoms with E-state index in [0.29, 0.717) is 16.5 Å². The Morgan fingerprint density at radius 3 is 2.88 bits per heavy atom. The van der Waals surface area contributed by atoms with Gasteiger partial charge in [-0.15, -0.1) is 0 Å². The average Bonchev–Trinajstić information content (AvgIpc) is 2.95. The normalized spacial score (nSPS) is 27.6. The average molecular weight is 260 g/mol. The van der Waals surface area contributed by atoms with Gasteiger partial charge in [-0.05, 0) is 18.1 Å². The minimum Gasteiger partial charge on any atom is -0.468 e. The smallest absolute Gasteiger partial charge is 0.326 e. The fourth-order valence-corrected chi connectivity index (χ4v) is 2.31. The van der Waals surface area contributed by atoms with Crippen molar-refractivity contribution in [3.8, 4) is 0 Å². The number of hydrogen-bond donors (Lipinski definition) is 1. The van der Waals surface area contributed by atoms with Gasteiger partial charge in [0.1, 0.15) is 5.54 Å². The zero-order valence-corrected chi connectivity index (χ0v) is 10.2. The van der Waals surface area contributed by atoms with Crippen LogP contribution in [0.4, 0.5) is 0 Å². The first-order valence-corrected chi connectivity index (χ1v) is 5.57. The van der Waals surface area contributed by atoms with Crippen LogP contribution in [0.3, 0.4) is 0 Å². The highest BCUT2D eigenvalue weighted by Gasteiger charge is 2.59. The first-order chi connectivity index (χ1) is 7.50. The standard InChI is InChI=1S/C11H11Cl2NO2/c1-16-10(15)11(14)5-7(11)6-3-2-4-8(12)9(6)13/h2-4,7H,5,14H2,1H3. The van der Waals surface area contributed by atoms with Gasteiger partial charge in [-0.1, -0.05) is 35.3 Å². The molecule has 86 valence electrons. The quantitative estimate of drug-likeness (QED) is 0.830. The van der Waals surface area contributed by atoms with Gasteiger partial charge in [-0.3, -0.25) is 4.79 Å². The van der Waals surface area contributed by atoms with E-state index in [1.807, 2.05) is 6.07 Å². The molecule has 0 bridgehead atoms. The largest absolute Gasteiger partial charge is 0.468 e. The lowest BCUT2D eigenvalue weighted by Crippen LogP contribution is -2.35. The lowest BCUT2D eigenvalue weighted by molar-refractivity contribution is -0.143. The minimum atomic E-state index is -0.941. The maximum absolute atomic E-state index is 11.5. The molecule has 1 aliphatic carbocycles. The van der Waals surface area contributed by atoms with E-state index in [4.69, 9.17) is 28.9 Å². The van der Waals surface area contributed by atoms with Gasteiger partial charge in [0.25, 0.3) is 0 Å². The van der Waals surface area contributed by atoms with Crippen molar-refractivity contribution in [1.29, 1.82) is 0 Å². The minimum absolute atomic E-state index is 0.105. The Labute approximate surface area is 103 Å². The molecule has 0 spiro atoms. The molecule has 16 heavy (non-hydrogen) atoms. The van der Waals surface area contributed by atoms with E-state index >= 15 is 0 Å². The molecule has 0 heterocycles. The number of esters is 1. The van der Waals surface area contributed by atoms with Gasteiger partial charge in [0.15, 0.2) is 0 Å². The molecule has 0 aliphatic heterocycles. The molecule has 1 fully saturated rings. The fraction of sp³-hybridized carbons (Fsp3) is 0.364. The molecule has 0 radical (unpaired) electrons. The molecule has 0 aromatic heterocycles. The van der Waals surface area contributed by atoms with Crippen LogP contribution < -0.4 is 5.73 Å². The van der Waals surface area contributed by atoms with E-state index in [1.165, 1.54) is 7.11 Å². The van der Waals surface area contributed by atoms with Crippen LogP contribution in [0.25, 0.3) is 0 Å². The Hall–Kier alpha value is -0.770. The third-order valence-electron chi connectivity index (χ3n) is 2.93. The molecule has 2 rings (SSSR count). The SMILES string of the molecule is COC(=O)C1(N)CC1c1cccc(Cl)c1Cl. The maximum atomic E-state index is 11.5. The second kappa shape index (κ2) is 3.91. The van der Waals surface area contributed by atoms with Gasteiger partial charge in [0.05, 0.1) is 17.2 Å². The summed E-state index contributed by atoms with van der Waals surface area (Å²) in [6.07, 6.45) is 0.541. The Morgan fingerprint density at radius 2 is 2.25 bits per heavy atom. The highest BCUT2D eigenvalue weighted by atomic mass is 35.5. The summed E-state index contributed by atoms with van der Waals surface area (Å²) in [7, 11) is 1.33. The number of hydrogen-bond acceptors (Lipinski definition) is 3. The molecule has 1 aromatic carbocycles. The van der Waals surface area contributed by atoms with Gasteiger partial charge in [-0.2, -0.15) is 0 Å². The van der Waals surface area contributed by atoms with Gasteiger partial charge in [0.2, 0.25) is 0 Å². The van der Waals surface area contributed by atoms with Crippen molar-refractivity contribution in [2.75, 3.05) is 7.11 Å². The van der Waals surface area contributed by atoms with Crippen LogP contribution in [0.1, 0.15) is 17.9 Å². The van der Waals surface area contributed by atoms with Crippen molar-refractivity contribution in [1.82, 2.24) is 0 Å². The molecule has 1 aromatic rings.